The van der Waals surface area contributed by atoms with Crippen LogP contribution in [0, 0.1) is 29.1 Å². The van der Waals surface area contributed by atoms with Gasteiger partial charge >= 0.3 is 0 Å². The molecule has 4 aromatic rings. The normalized spacial score (nSPS) is 13.8. The molecule has 0 radical (unpaired) electrons. The van der Waals surface area contributed by atoms with Gasteiger partial charge in [0.25, 0.3) is 0 Å². The lowest BCUT2D eigenvalue weighted by Gasteiger charge is -2.35. The fraction of sp³-hybridized carbons (Fsp3) is 0.148. The number of halogens is 5. The Hall–Kier alpha value is -4.34. The van der Waals surface area contributed by atoms with Crippen LogP contribution >= 0.6 is 0 Å². The molecule has 188 valence electrons. The number of piperazine rings is 1. The molecule has 0 bridgehead atoms. The van der Waals surface area contributed by atoms with Crippen LogP contribution in [0.15, 0.2) is 61.4 Å². The lowest BCUT2D eigenvalue weighted by molar-refractivity contribution is -0.126. The maximum atomic E-state index is 16.1. The maximum Gasteiger partial charge on any atom is 0.246 e. The second kappa shape index (κ2) is 9.61. The van der Waals surface area contributed by atoms with E-state index in [0.717, 1.165) is 24.5 Å². The summed E-state index contributed by atoms with van der Waals surface area (Å²) < 4.78 is 73.8. The van der Waals surface area contributed by atoms with Gasteiger partial charge in [-0.2, -0.15) is 0 Å². The van der Waals surface area contributed by atoms with Crippen molar-refractivity contribution in [2.75, 3.05) is 31.1 Å². The number of aromatic nitrogens is 2. The maximum absolute atomic E-state index is 16.1. The molecule has 37 heavy (non-hydrogen) atoms. The van der Waals surface area contributed by atoms with Gasteiger partial charge in [0, 0.05) is 48.3 Å². The summed E-state index contributed by atoms with van der Waals surface area (Å²) in [4.78, 5) is 23.7. The van der Waals surface area contributed by atoms with Gasteiger partial charge in [0.15, 0.2) is 23.3 Å². The van der Waals surface area contributed by atoms with E-state index in [0.29, 0.717) is 32.0 Å². The molecule has 5 nitrogen and oxygen atoms in total. The number of carbonyl (C=O) groups is 1. The molecule has 1 aliphatic heterocycles. The summed E-state index contributed by atoms with van der Waals surface area (Å²) in [7, 11) is 0. The summed E-state index contributed by atoms with van der Waals surface area (Å²) in [6.45, 7) is 4.92. The number of amides is 1. The predicted molar refractivity (Wildman–Crippen MR) is 129 cm³/mol. The molecule has 1 aliphatic rings. The summed E-state index contributed by atoms with van der Waals surface area (Å²) in [6, 6.07) is 8.35. The van der Waals surface area contributed by atoms with Crippen molar-refractivity contribution in [2.24, 2.45) is 0 Å². The molecule has 1 aromatic heterocycles. The van der Waals surface area contributed by atoms with Gasteiger partial charge in [0.1, 0.15) is 23.5 Å². The molecule has 0 unspecified atom stereocenters. The van der Waals surface area contributed by atoms with E-state index < -0.39 is 34.6 Å². The highest BCUT2D eigenvalue weighted by Gasteiger charge is 2.27. The molecular weight excluding hydrogens is 491 g/mol. The van der Waals surface area contributed by atoms with Crippen LogP contribution in [-0.4, -0.2) is 47.0 Å². The number of rotatable bonds is 4. The third-order valence-corrected chi connectivity index (χ3v) is 6.38. The van der Waals surface area contributed by atoms with Crippen molar-refractivity contribution < 1.29 is 26.7 Å². The van der Waals surface area contributed by atoms with Crippen molar-refractivity contribution >= 4 is 22.6 Å². The topological polar surface area (TPSA) is 49.3 Å². The van der Waals surface area contributed by atoms with Crippen molar-refractivity contribution in [1.29, 1.82) is 0 Å². The van der Waals surface area contributed by atoms with Gasteiger partial charge in [-0.15, -0.1) is 0 Å². The summed E-state index contributed by atoms with van der Waals surface area (Å²) in [5, 5.41) is 0.169. The first kappa shape index (κ1) is 24.4. The molecule has 0 N–H and O–H groups in total. The molecule has 0 aliphatic carbocycles. The predicted octanol–water partition coefficient (Wildman–Crippen LogP) is 5.49. The molecule has 1 saturated heterocycles. The van der Waals surface area contributed by atoms with E-state index in [-0.39, 0.29) is 33.5 Å². The summed E-state index contributed by atoms with van der Waals surface area (Å²) in [5.41, 5.74) is -1.34. The smallest absolute Gasteiger partial charge is 0.246 e. The molecule has 10 heteroatoms. The van der Waals surface area contributed by atoms with Gasteiger partial charge in [-0.25, -0.2) is 31.9 Å². The zero-order chi connectivity index (χ0) is 26.3. The van der Waals surface area contributed by atoms with E-state index >= 15 is 4.39 Å². The van der Waals surface area contributed by atoms with E-state index in [1.165, 1.54) is 30.3 Å². The van der Waals surface area contributed by atoms with Crippen molar-refractivity contribution in [2.45, 2.75) is 0 Å². The average Bonchev–Trinajstić information content (AvgIpc) is 2.92. The first-order valence-electron chi connectivity index (χ1n) is 11.3. The Morgan fingerprint density at radius 3 is 2.24 bits per heavy atom. The second-order valence-corrected chi connectivity index (χ2v) is 8.43. The lowest BCUT2D eigenvalue weighted by Crippen LogP contribution is -2.48. The van der Waals surface area contributed by atoms with Crippen molar-refractivity contribution in [3.05, 3.63) is 90.5 Å². The van der Waals surface area contributed by atoms with Crippen molar-refractivity contribution in [3.63, 3.8) is 0 Å². The molecule has 0 atom stereocenters. The summed E-state index contributed by atoms with van der Waals surface area (Å²) >= 11 is 0. The SMILES string of the molecule is C=CC(=O)N1CCN(c2ncnc3c(F)c(-c4ccccc4F)c(-c4ccc(F)c(F)c4F)cc23)CC1. The van der Waals surface area contributed by atoms with Gasteiger partial charge < -0.3 is 9.80 Å². The Bertz CT molecular complexity index is 1550. The van der Waals surface area contributed by atoms with Crippen LogP contribution in [0.25, 0.3) is 33.2 Å². The molecule has 1 amide bonds. The highest BCUT2D eigenvalue weighted by Crippen LogP contribution is 2.42. The van der Waals surface area contributed by atoms with Crippen LogP contribution in [0.1, 0.15) is 0 Å². The summed E-state index contributed by atoms with van der Waals surface area (Å²) in [5.74, 6) is -6.35. The highest BCUT2D eigenvalue weighted by atomic mass is 19.2. The van der Waals surface area contributed by atoms with Crippen LogP contribution in [0.4, 0.5) is 27.8 Å². The number of anilines is 1. The van der Waals surface area contributed by atoms with Crippen LogP contribution in [0.5, 0.6) is 0 Å². The molecule has 1 fully saturated rings. The molecular formula is C27H19F5N4O. The highest BCUT2D eigenvalue weighted by molar-refractivity contribution is 6.00. The largest absolute Gasteiger partial charge is 0.352 e. The van der Waals surface area contributed by atoms with E-state index in [9.17, 15) is 22.4 Å². The number of fused-ring (bicyclic) bond motifs is 1. The Kier molecular flexibility index (Phi) is 6.32. The second-order valence-electron chi connectivity index (χ2n) is 8.43. The van der Waals surface area contributed by atoms with Crippen LogP contribution < -0.4 is 4.90 Å². The third kappa shape index (κ3) is 4.18. The standard InChI is InChI=1S/C27H19F5N4O/c1-2-21(37)35-9-11-36(12-10-35)27-18-13-17(15-7-8-20(29)24(31)23(15)30)22(16-5-3-4-6-19(16)28)25(32)26(18)33-14-34-27/h2-8,13-14H,1,9-12H2. The van der Waals surface area contributed by atoms with Crippen LogP contribution in [0.2, 0.25) is 0 Å². The molecule has 2 heterocycles. The number of benzene rings is 3. The van der Waals surface area contributed by atoms with Gasteiger partial charge in [-0.3, -0.25) is 4.79 Å². The minimum atomic E-state index is -1.73. The Balaban J connectivity index is 1.75. The van der Waals surface area contributed by atoms with Gasteiger partial charge in [-0.1, -0.05) is 24.8 Å². The molecule has 0 saturated carbocycles. The zero-order valence-corrected chi connectivity index (χ0v) is 19.3. The lowest BCUT2D eigenvalue weighted by atomic mass is 9.91. The quantitative estimate of drug-likeness (QED) is 0.207. The minimum absolute atomic E-state index is 0.153. The monoisotopic (exact) mass is 510 g/mol. The third-order valence-electron chi connectivity index (χ3n) is 6.38. The van der Waals surface area contributed by atoms with Crippen molar-refractivity contribution in [3.8, 4) is 22.3 Å². The number of nitrogens with zero attached hydrogens (tertiary/aromatic N) is 4. The van der Waals surface area contributed by atoms with Crippen LogP contribution in [0.3, 0.4) is 0 Å². The fourth-order valence-corrected chi connectivity index (χ4v) is 4.54. The fourth-order valence-electron chi connectivity index (χ4n) is 4.54. The minimum Gasteiger partial charge on any atom is -0.352 e. The Morgan fingerprint density at radius 1 is 0.811 bits per heavy atom. The summed E-state index contributed by atoms with van der Waals surface area (Å²) in [6.07, 6.45) is 2.38. The number of hydrogen-bond acceptors (Lipinski definition) is 4. The van der Waals surface area contributed by atoms with E-state index in [4.69, 9.17) is 0 Å². The van der Waals surface area contributed by atoms with Gasteiger partial charge in [0.2, 0.25) is 5.91 Å². The average molecular weight is 510 g/mol. The number of hydrogen-bond donors (Lipinski definition) is 0. The molecule has 3 aromatic carbocycles. The first-order valence-corrected chi connectivity index (χ1v) is 11.3. The van der Waals surface area contributed by atoms with E-state index in [1.54, 1.807) is 4.90 Å². The Labute approximate surface area is 208 Å². The van der Waals surface area contributed by atoms with E-state index in [2.05, 4.69) is 16.5 Å². The Morgan fingerprint density at radius 2 is 1.54 bits per heavy atom. The van der Waals surface area contributed by atoms with Gasteiger partial charge in [-0.05, 0) is 35.9 Å². The number of carbonyl (C=O) groups excluding carboxylic acids is 1. The van der Waals surface area contributed by atoms with E-state index in [1.807, 2.05) is 4.90 Å². The zero-order valence-electron chi connectivity index (χ0n) is 19.3. The first-order chi connectivity index (χ1) is 17.8. The molecule has 0 spiro atoms. The van der Waals surface area contributed by atoms with Crippen LogP contribution in [-0.2, 0) is 4.79 Å². The van der Waals surface area contributed by atoms with Gasteiger partial charge in [0.05, 0.1) is 0 Å². The molecule has 5 rings (SSSR count). The van der Waals surface area contributed by atoms with Crippen molar-refractivity contribution in [1.82, 2.24) is 14.9 Å².